The summed E-state index contributed by atoms with van der Waals surface area (Å²) in [5.41, 5.74) is 6.31. The second-order valence-electron chi connectivity index (χ2n) is 8.37. The molecule has 4 aromatic rings. The Bertz CT molecular complexity index is 1320. The number of nitrogens with zero attached hydrogens (tertiary/aromatic N) is 3. The molecule has 34 heavy (non-hydrogen) atoms. The van der Waals surface area contributed by atoms with Gasteiger partial charge in [-0.15, -0.1) is 0 Å². The average molecular weight is 471 g/mol. The molecule has 0 bridgehead atoms. The highest BCUT2D eigenvalue weighted by Gasteiger charge is 2.42. The molecule has 0 spiro atoms. The first-order valence-corrected chi connectivity index (χ1v) is 11.5. The lowest BCUT2D eigenvalue weighted by molar-refractivity contribution is 0.414. The lowest BCUT2D eigenvalue weighted by Crippen LogP contribution is -2.29. The van der Waals surface area contributed by atoms with Gasteiger partial charge in [-0.1, -0.05) is 6.07 Å². The van der Waals surface area contributed by atoms with Gasteiger partial charge in [0, 0.05) is 29.0 Å². The summed E-state index contributed by atoms with van der Waals surface area (Å²) in [7, 11) is 1.67. The molecule has 1 saturated heterocycles. The summed E-state index contributed by atoms with van der Waals surface area (Å²) in [6.07, 6.45) is 1.81. The molecule has 0 saturated carbocycles. The van der Waals surface area contributed by atoms with E-state index in [-0.39, 0.29) is 17.8 Å². The Morgan fingerprint density at radius 3 is 2.32 bits per heavy atom. The number of aryl methyl sites for hydroxylation is 1. The summed E-state index contributed by atoms with van der Waals surface area (Å²) in [5, 5.41) is 14.0. The number of hydrogen-bond acceptors (Lipinski definition) is 4. The van der Waals surface area contributed by atoms with Crippen molar-refractivity contribution in [3.05, 3.63) is 102 Å². The SMILES string of the molecule is COc1ccc(-n2c(C)cc([C@@H]3[C@@H](c4ccccn4)NC(=S)N3c3ccc(O)cc3)c2C)cc1. The van der Waals surface area contributed by atoms with Gasteiger partial charge < -0.3 is 24.6 Å². The van der Waals surface area contributed by atoms with Crippen molar-refractivity contribution in [2.75, 3.05) is 12.0 Å². The van der Waals surface area contributed by atoms with Crippen LogP contribution in [0, 0.1) is 13.8 Å². The third kappa shape index (κ3) is 3.78. The molecule has 0 radical (unpaired) electrons. The Morgan fingerprint density at radius 2 is 1.68 bits per heavy atom. The fraction of sp³-hybridized carbons (Fsp3) is 0.185. The monoisotopic (exact) mass is 470 g/mol. The van der Waals surface area contributed by atoms with Gasteiger partial charge in [-0.2, -0.15) is 0 Å². The molecule has 1 aliphatic heterocycles. The van der Waals surface area contributed by atoms with Crippen LogP contribution in [0.4, 0.5) is 5.69 Å². The van der Waals surface area contributed by atoms with E-state index in [9.17, 15) is 5.11 Å². The second kappa shape index (κ2) is 8.83. The molecule has 2 atom stereocenters. The molecule has 0 unspecified atom stereocenters. The van der Waals surface area contributed by atoms with E-state index in [0.29, 0.717) is 5.11 Å². The predicted octanol–water partition coefficient (Wildman–Crippen LogP) is 5.38. The highest BCUT2D eigenvalue weighted by Crippen LogP contribution is 2.44. The van der Waals surface area contributed by atoms with E-state index in [2.05, 4.69) is 51.8 Å². The van der Waals surface area contributed by atoms with Crippen LogP contribution in [0.3, 0.4) is 0 Å². The number of pyridine rings is 1. The summed E-state index contributed by atoms with van der Waals surface area (Å²) in [4.78, 5) is 6.76. The quantitative estimate of drug-likeness (QED) is 0.382. The Labute approximate surface area is 204 Å². The molecule has 5 rings (SSSR count). The van der Waals surface area contributed by atoms with Crippen LogP contribution < -0.4 is 15.0 Å². The van der Waals surface area contributed by atoms with E-state index < -0.39 is 0 Å². The molecule has 7 heteroatoms. The zero-order valence-corrected chi connectivity index (χ0v) is 20.1. The minimum atomic E-state index is -0.132. The lowest BCUT2D eigenvalue weighted by atomic mass is 9.96. The molecule has 2 aromatic heterocycles. The molecule has 3 heterocycles. The van der Waals surface area contributed by atoms with Crippen LogP contribution >= 0.6 is 12.2 Å². The number of thiocarbonyl (C=S) groups is 1. The van der Waals surface area contributed by atoms with Gasteiger partial charge in [-0.3, -0.25) is 4.98 Å². The zero-order chi connectivity index (χ0) is 23.8. The number of methoxy groups -OCH3 is 1. The summed E-state index contributed by atoms with van der Waals surface area (Å²) in [6.45, 7) is 4.25. The van der Waals surface area contributed by atoms with Crippen molar-refractivity contribution in [3.8, 4) is 17.2 Å². The first kappa shape index (κ1) is 22.0. The number of rotatable bonds is 5. The van der Waals surface area contributed by atoms with Crippen molar-refractivity contribution in [2.45, 2.75) is 25.9 Å². The number of hydrogen-bond donors (Lipinski definition) is 2. The predicted molar refractivity (Wildman–Crippen MR) is 138 cm³/mol. The normalized spacial score (nSPS) is 17.6. The van der Waals surface area contributed by atoms with Gasteiger partial charge in [0.2, 0.25) is 0 Å². The maximum Gasteiger partial charge on any atom is 0.174 e. The van der Waals surface area contributed by atoms with Gasteiger partial charge in [0.25, 0.3) is 0 Å². The first-order chi connectivity index (χ1) is 16.5. The van der Waals surface area contributed by atoms with E-state index in [1.165, 1.54) is 0 Å². The molecule has 0 amide bonds. The largest absolute Gasteiger partial charge is 0.508 e. The lowest BCUT2D eigenvalue weighted by Gasteiger charge is -2.28. The molecule has 0 aliphatic carbocycles. The molecular weight excluding hydrogens is 444 g/mol. The van der Waals surface area contributed by atoms with Crippen LogP contribution in [-0.4, -0.2) is 26.9 Å². The van der Waals surface area contributed by atoms with Gasteiger partial charge in [0.15, 0.2) is 5.11 Å². The third-order valence-corrected chi connectivity index (χ3v) is 6.66. The molecular formula is C27H26N4O2S. The van der Waals surface area contributed by atoms with E-state index in [4.69, 9.17) is 17.0 Å². The van der Waals surface area contributed by atoms with E-state index in [1.54, 1.807) is 25.4 Å². The molecule has 2 aromatic carbocycles. The molecule has 6 nitrogen and oxygen atoms in total. The third-order valence-electron chi connectivity index (χ3n) is 6.35. The Balaban J connectivity index is 1.65. The Hall–Kier alpha value is -3.84. The maximum absolute atomic E-state index is 9.84. The molecule has 1 fully saturated rings. The number of aromatic hydroxyl groups is 1. The van der Waals surface area contributed by atoms with Crippen LogP contribution in [0.25, 0.3) is 5.69 Å². The minimum Gasteiger partial charge on any atom is -0.508 e. The van der Waals surface area contributed by atoms with Crippen LogP contribution in [0.2, 0.25) is 0 Å². The minimum absolute atomic E-state index is 0.120. The summed E-state index contributed by atoms with van der Waals surface area (Å²) < 4.78 is 7.59. The number of ether oxygens (including phenoxy) is 1. The van der Waals surface area contributed by atoms with Crippen molar-refractivity contribution in [1.29, 1.82) is 0 Å². The maximum atomic E-state index is 9.84. The fourth-order valence-corrected chi connectivity index (χ4v) is 5.12. The Kier molecular flexibility index (Phi) is 5.71. The van der Waals surface area contributed by atoms with Crippen molar-refractivity contribution in [1.82, 2.24) is 14.9 Å². The number of aromatic nitrogens is 2. The molecule has 1 aliphatic rings. The van der Waals surface area contributed by atoms with Crippen molar-refractivity contribution < 1.29 is 9.84 Å². The number of benzene rings is 2. The summed E-state index contributed by atoms with van der Waals surface area (Å²) in [6, 6.07) is 23.1. The fourth-order valence-electron chi connectivity index (χ4n) is 4.78. The van der Waals surface area contributed by atoms with Gasteiger partial charge in [-0.05, 0) is 98.4 Å². The number of nitrogens with one attached hydrogen (secondary N) is 1. The highest BCUT2D eigenvalue weighted by atomic mass is 32.1. The average Bonchev–Trinajstić information content (AvgIpc) is 3.35. The summed E-state index contributed by atoms with van der Waals surface area (Å²) >= 11 is 5.82. The van der Waals surface area contributed by atoms with Crippen LogP contribution in [-0.2, 0) is 0 Å². The van der Waals surface area contributed by atoms with E-state index in [1.807, 2.05) is 42.5 Å². The summed E-state index contributed by atoms with van der Waals surface area (Å²) in [5.74, 6) is 1.04. The number of phenolic OH excluding ortho intramolecular Hbond substituents is 1. The van der Waals surface area contributed by atoms with Gasteiger partial charge >= 0.3 is 0 Å². The molecule has 172 valence electrons. The smallest absolute Gasteiger partial charge is 0.174 e. The number of phenols is 1. The van der Waals surface area contributed by atoms with E-state index in [0.717, 1.165) is 39.8 Å². The van der Waals surface area contributed by atoms with Crippen LogP contribution in [0.1, 0.15) is 34.7 Å². The van der Waals surface area contributed by atoms with Gasteiger partial charge in [0.05, 0.1) is 24.9 Å². The first-order valence-electron chi connectivity index (χ1n) is 11.1. The standard InChI is InChI=1S/C27H26N4O2S/c1-17-16-23(18(2)30(17)19-9-13-22(33-3)14-10-19)26-25(24-6-4-5-15-28-24)29-27(34)31(26)20-7-11-21(32)12-8-20/h4-16,25-26,32H,1-3H3,(H,29,34)/t25-,26-/m1/s1. The van der Waals surface area contributed by atoms with Crippen molar-refractivity contribution >= 4 is 23.0 Å². The highest BCUT2D eigenvalue weighted by molar-refractivity contribution is 7.80. The molecule has 2 N–H and O–H groups in total. The van der Waals surface area contributed by atoms with Crippen LogP contribution in [0.15, 0.2) is 79.0 Å². The van der Waals surface area contributed by atoms with Crippen LogP contribution in [0.5, 0.6) is 11.5 Å². The van der Waals surface area contributed by atoms with Crippen molar-refractivity contribution in [2.24, 2.45) is 0 Å². The van der Waals surface area contributed by atoms with Crippen molar-refractivity contribution in [3.63, 3.8) is 0 Å². The topological polar surface area (TPSA) is 62.5 Å². The zero-order valence-electron chi connectivity index (χ0n) is 19.3. The second-order valence-corrected chi connectivity index (χ2v) is 8.76. The van der Waals surface area contributed by atoms with Gasteiger partial charge in [0.1, 0.15) is 11.5 Å². The number of anilines is 1. The van der Waals surface area contributed by atoms with E-state index >= 15 is 0 Å². The Morgan fingerprint density at radius 1 is 0.971 bits per heavy atom. The van der Waals surface area contributed by atoms with Gasteiger partial charge in [-0.25, -0.2) is 0 Å².